The number of hydrogen-bond acceptors (Lipinski definition) is 2. The SMILES string of the molecule is O=C(c1ccccc1Cl)n1ccnc1. The second-order valence-electron chi connectivity index (χ2n) is 2.75. The van der Waals surface area contributed by atoms with E-state index < -0.39 is 0 Å². The van der Waals surface area contributed by atoms with Gasteiger partial charge in [0.2, 0.25) is 0 Å². The lowest BCUT2D eigenvalue weighted by atomic mass is 10.2. The molecule has 0 atom stereocenters. The fourth-order valence-corrected chi connectivity index (χ4v) is 1.37. The third kappa shape index (κ3) is 1.54. The van der Waals surface area contributed by atoms with Crippen LogP contribution in [0.4, 0.5) is 0 Å². The van der Waals surface area contributed by atoms with Gasteiger partial charge in [0, 0.05) is 12.4 Å². The molecule has 3 nitrogen and oxygen atoms in total. The van der Waals surface area contributed by atoms with Crippen LogP contribution in [0.25, 0.3) is 0 Å². The molecule has 0 radical (unpaired) electrons. The molecular formula is C10H7ClN2O. The molecule has 14 heavy (non-hydrogen) atoms. The van der Waals surface area contributed by atoms with E-state index in [1.807, 2.05) is 0 Å². The number of carbonyl (C=O) groups excluding carboxylic acids is 1. The predicted molar refractivity (Wildman–Crippen MR) is 53.4 cm³/mol. The third-order valence-electron chi connectivity index (χ3n) is 1.84. The highest BCUT2D eigenvalue weighted by Gasteiger charge is 2.10. The van der Waals surface area contributed by atoms with Gasteiger partial charge in [-0.3, -0.25) is 9.36 Å². The minimum absolute atomic E-state index is 0.173. The molecule has 0 saturated heterocycles. The molecular weight excluding hydrogens is 200 g/mol. The molecule has 1 aromatic heterocycles. The van der Waals surface area contributed by atoms with Crippen molar-refractivity contribution in [3.8, 4) is 0 Å². The summed E-state index contributed by atoms with van der Waals surface area (Å²) in [6.07, 6.45) is 4.59. The number of hydrogen-bond donors (Lipinski definition) is 0. The molecule has 0 amide bonds. The van der Waals surface area contributed by atoms with Crippen molar-refractivity contribution in [1.82, 2.24) is 9.55 Å². The van der Waals surface area contributed by atoms with E-state index in [0.29, 0.717) is 10.6 Å². The zero-order chi connectivity index (χ0) is 9.97. The van der Waals surface area contributed by atoms with Crippen molar-refractivity contribution in [3.63, 3.8) is 0 Å². The summed E-state index contributed by atoms with van der Waals surface area (Å²) in [6, 6.07) is 6.93. The summed E-state index contributed by atoms with van der Waals surface area (Å²) < 4.78 is 1.39. The van der Waals surface area contributed by atoms with Gasteiger partial charge in [0.15, 0.2) is 0 Å². The van der Waals surface area contributed by atoms with Crippen molar-refractivity contribution in [2.45, 2.75) is 0 Å². The molecule has 0 fully saturated rings. The van der Waals surface area contributed by atoms with Crippen molar-refractivity contribution in [3.05, 3.63) is 53.6 Å². The van der Waals surface area contributed by atoms with Crippen LogP contribution >= 0.6 is 11.6 Å². The van der Waals surface area contributed by atoms with Crippen molar-refractivity contribution in [2.75, 3.05) is 0 Å². The first-order valence-corrected chi connectivity index (χ1v) is 4.44. The number of carbonyl (C=O) groups is 1. The van der Waals surface area contributed by atoms with E-state index in [9.17, 15) is 4.79 Å². The fraction of sp³-hybridized carbons (Fsp3) is 0. The van der Waals surface area contributed by atoms with E-state index >= 15 is 0 Å². The highest BCUT2D eigenvalue weighted by molar-refractivity contribution is 6.33. The standard InChI is InChI=1S/C10H7ClN2O/c11-9-4-2-1-3-8(9)10(14)13-6-5-12-7-13/h1-7H. The molecule has 0 spiro atoms. The number of benzene rings is 1. The third-order valence-corrected chi connectivity index (χ3v) is 2.17. The maximum absolute atomic E-state index is 11.8. The highest BCUT2D eigenvalue weighted by Crippen LogP contribution is 2.15. The molecule has 70 valence electrons. The van der Waals surface area contributed by atoms with Gasteiger partial charge in [0.05, 0.1) is 10.6 Å². The van der Waals surface area contributed by atoms with Crippen LogP contribution in [0.15, 0.2) is 43.0 Å². The lowest BCUT2D eigenvalue weighted by molar-refractivity contribution is 0.0960. The van der Waals surface area contributed by atoms with Crippen LogP contribution < -0.4 is 0 Å². The summed E-state index contributed by atoms with van der Waals surface area (Å²) >= 11 is 5.88. The van der Waals surface area contributed by atoms with Crippen molar-refractivity contribution in [2.24, 2.45) is 0 Å². The highest BCUT2D eigenvalue weighted by atomic mass is 35.5. The maximum Gasteiger partial charge on any atom is 0.264 e. The van der Waals surface area contributed by atoms with Crippen molar-refractivity contribution in [1.29, 1.82) is 0 Å². The Morgan fingerprint density at radius 3 is 2.79 bits per heavy atom. The molecule has 0 N–H and O–H groups in total. The minimum atomic E-state index is -0.173. The monoisotopic (exact) mass is 206 g/mol. The molecule has 0 aliphatic heterocycles. The lowest BCUT2D eigenvalue weighted by Gasteiger charge is -2.02. The van der Waals surface area contributed by atoms with Gasteiger partial charge in [-0.15, -0.1) is 0 Å². The lowest BCUT2D eigenvalue weighted by Crippen LogP contribution is -2.09. The van der Waals surface area contributed by atoms with E-state index in [1.165, 1.54) is 10.9 Å². The van der Waals surface area contributed by atoms with E-state index in [-0.39, 0.29) is 5.91 Å². The summed E-state index contributed by atoms with van der Waals surface area (Å²) in [5.74, 6) is -0.173. The Balaban J connectivity index is 2.42. The average Bonchev–Trinajstić information content (AvgIpc) is 2.70. The molecule has 0 bridgehead atoms. The van der Waals surface area contributed by atoms with E-state index in [1.54, 1.807) is 36.7 Å². The Morgan fingerprint density at radius 1 is 1.36 bits per heavy atom. The van der Waals surface area contributed by atoms with Crippen LogP contribution in [0.1, 0.15) is 10.4 Å². The van der Waals surface area contributed by atoms with Gasteiger partial charge < -0.3 is 0 Å². The molecule has 2 aromatic rings. The first-order chi connectivity index (χ1) is 6.79. The smallest absolute Gasteiger partial charge is 0.264 e. The van der Waals surface area contributed by atoms with Gasteiger partial charge in [0.1, 0.15) is 6.33 Å². The number of nitrogens with zero attached hydrogens (tertiary/aromatic N) is 2. The Hall–Kier alpha value is -1.61. The van der Waals surface area contributed by atoms with Crippen LogP contribution in [-0.2, 0) is 0 Å². The first kappa shape index (κ1) is 8.97. The number of rotatable bonds is 1. The molecule has 1 heterocycles. The van der Waals surface area contributed by atoms with E-state index in [4.69, 9.17) is 11.6 Å². The molecule has 0 saturated carbocycles. The molecule has 0 aliphatic rings. The summed E-state index contributed by atoms with van der Waals surface area (Å²) in [4.78, 5) is 15.6. The summed E-state index contributed by atoms with van der Waals surface area (Å²) in [5, 5.41) is 0.450. The zero-order valence-corrected chi connectivity index (χ0v) is 7.98. The van der Waals surface area contributed by atoms with Crippen LogP contribution in [0.2, 0.25) is 5.02 Å². The second kappa shape index (κ2) is 3.64. The van der Waals surface area contributed by atoms with Gasteiger partial charge in [-0.25, -0.2) is 4.98 Å². The van der Waals surface area contributed by atoms with Gasteiger partial charge in [-0.05, 0) is 12.1 Å². The Morgan fingerprint density at radius 2 is 2.14 bits per heavy atom. The van der Waals surface area contributed by atoms with E-state index in [2.05, 4.69) is 4.98 Å². The maximum atomic E-state index is 11.8. The quantitative estimate of drug-likeness (QED) is 0.717. The number of imidazole rings is 1. The predicted octanol–water partition coefficient (Wildman–Crippen LogP) is 2.22. The Bertz CT molecular complexity index is 451. The topological polar surface area (TPSA) is 34.9 Å². The fourth-order valence-electron chi connectivity index (χ4n) is 1.15. The average molecular weight is 207 g/mol. The van der Waals surface area contributed by atoms with Gasteiger partial charge in [0.25, 0.3) is 5.91 Å². The first-order valence-electron chi connectivity index (χ1n) is 4.06. The molecule has 2 rings (SSSR count). The largest absolute Gasteiger partial charge is 0.272 e. The summed E-state index contributed by atoms with van der Waals surface area (Å²) in [7, 11) is 0. The van der Waals surface area contributed by atoms with Gasteiger partial charge >= 0.3 is 0 Å². The normalized spacial score (nSPS) is 10.1. The van der Waals surface area contributed by atoms with Gasteiger partial charge in [-0.1, -0.05) is 23.7 Å². The van der Waals surface area contributed by atoms with Crippen molar-refractivity contribution >= 4 is 17.5 Å². The summed E-state index contributed by atoms with van der Waals surface area (Å²) in [5.41, 5.74) is 0.479. The summed E-state index contributed by atoms with van der Waals surface area (Å²) in [6.45, 7) is 0. The Labute approximate surface area is 86.0 Å². The van der Waals surface area contributed by atoms with Gasteiger partial charge in [-0.2, -0.15) is 0 Å². The second-order valence-corrected chi connectivity index (χ2v) is 3.16. The van der Waals surface area contributed by atoms with Crippen LogP contribution in [0.3, 0.4) is 0 Å². The number of halogens is 1. The Kier molecular flexibility index (Phi) is 2.33. The van der Waals surface area contributed by atoms with Crippen LogP contribution in [-0.4, -0.2) is 15.5 Å². The molecule has 0 aliphatic carbocycles. The van der Waals surface area contributed by atoms with Crippen molar-refractivity contribution < 1.29 is 4.79 Å². The molecule has 1 aromatic carbocycles. The minimum Gasteiger partial charge on any atom is -0.272 e. The molecule has 0 unspecified atom stereocenters. The number of aromatic nitrogens is 2. The van der Waals surface area contributed by atoms with E-state index in [0.717, 1.165) is 0 Å². The van der Waals surface area contributed by atoms with Crippen LogP contribution in [0.5, 0.6) is 0 Å². The zero-order valence-electron chi connectivity index (χ0n) is 7.22. The molecule has 4 heteroatoms. The van der Waals surface area contributed by atoms with Crippen LogP contribution in [0, 0.1) is 0 Å².